The maximum Gasteiger partial charge on any atom is 0.234 e. The lowest BCUT2D eigenvalue weighted by Gasteiger charge is -2.03. The second-order valence-electron chi connectivity index (χ2n) is 4.08. The number of hydrogen-bond donors (Lipinski definition) is 2. The fraction of sp³-hybridized carbons (Fsp3) is 0.667. The summed E-state index contributed by atoms with van der Waals surface area (Å²) in [7, 11) is -3.27. The molecule has 7 heteroatoms. The minimum Gasteiger partial charge on any atom is -0.387 e. The predicted octanol–water partition coefficient (Wildman–Crippen LogP) is 1.35. The summed E-state index contributed by atoms with van der Waals surface area (Å²) in [6.07, 6.45) is 1.33. The number of nitrogens with one attached hydrogen (secondary N) is 1. The first-order valence-corrected chi connectivity index (χ1v) is 7.63. The van der Waals surface area contributed by atoms with Crippen LogP contribution in [0.1, 0.15) is 31.6 Å². The molecule has 0 bridgehead atoms. The summed E-state index contributed by atoms with van der Waals surface area (Å²) in [4.78, 5) is 4.00. The molecular formula is C9H14N2O3S2. The van der Waals surface area contributed by atoms with Crippen molar-refractivity contribution in [3.63, 3.8) is 0 Å². The zero-order chi connectivity index (χ0) is 11.8. The fourth-order valence-corrected chi connectivity index (χ4v) is 3.86. The Balaban J connectivity index is 2.01. The molecule has 1 fully saturated rings. The molecule has 1 saturated carbocycles. The number of hydrogen-bond acceptors (Lipinski definition) is 5. The lowest BCUT2D eigenvalue weighted by Crippen LogP contribution is -2.17. The van der Waals surface area contributed by atoms with E-state index < -0.39 is 16.1 Å². The van der Waals surface area contributed by atoms with Gasteiger partial charge in [0.25, 0.3) is 0 Å². The van der Waals surface area contributed by atoms with Gasteiger partial charge in [-0.25, -0.2) is 13.4 Å². The van der Waals surface area contributed by atoms with Gasteiger partial charge in [0.05, 0.1) is 17.6 Å². The summed E-state index contributed by atoms with van der Waals surface area (Å²) in [6, 6.07) is 0. The highest BCUT2D eigenvalue weighted by Crippen LogP contribution is 2.31. The third kappa shape index (κ3) is 3.16. The zero-order valence-electron chi connectivity index (χ0n) is 8.88. The standard InChI is InChI=1S/C9H14N2O3S2/c1-6(12)8-4-15-9(10-8)11-16(13,14)5-7-2-3-7/h4,6-7,12H,2-3,5H2,1H3,(H,10,11). The number of sulfonamides is 1. The van der Waals surface area contributed by atoms with Crippen molar-refractivity contribution in [3.8, 4) is 0 Å². The van der Waals surface area contributed by atoms with Gasteiger partial charge in [0, 0.05) is 5.38 Å². The smallest absolute Gasteiger partial charge is 0.234 e. The van der Waals surface area contributed by atoms with Crippen LogP contribution in [0.3, 0.4) is 0 Å². The van der Waals surface area contributed by atoms with E-state index >= 15 is 0 Å². The molecule has 1 aliphatic rings. The van der Waals surface area contributed by atoms with Gasteiger partial charge in [-0.3, -0.25) is 4.72 Å². The van der Waals surface area contributed by atoms with Gasteiger partial charge >= 0.3 is 0 Å². The fourth-order valence-electron chi connectivity index (χ4n) is 1.29. The van der Waals surface area contributed by atoms with Crippen LogP contribution >= 0.6 is 11.3 Å². The molecule has 1 aromatic heterocycles. The minimum absolute atomic E-state index is 0.177. The van der Waals surface area contributed by atoms with E-state index in [1.165, 1.54) is 11.3 Å². The molecule has 2 rings (SSSR count). The lowest BCUT2D eigenvalue weighted by atomic mass is 10.3. The topological polar surface area (TPSA) is 79.3 Å². The molecule has 90 valence electrons. The van der Waals surface area contributed by atoms with E-state index in [1.807, 2.05) is 0 Å². The van der Waals surface area contributed by atoms with Crippen molar-refractivity contribution >= 4 is 26.5 Å². The van der Waals surface area contributed by atoms with Crippen molar-refractivity contribution in [1.29, 1.82) is 0 Å². The first kappa shape index (κ1) is 11.8. The van der Waals surface area contributed by atoms with Gasteiger partial charge in [-0.15, -0.1) is 11.3 Å². The molecule has 1 unspecified atom stereocenters. The number of aromatic nitrogens is 1. The summed E-state index contributed by atoms with van der Waals surface area (Å²) in [5.74, 6) is 0.491. The third-order valence-corrected chi connectivity index (χ3v) is 4.66. The number of aliphatic hydroxyl groups is 1. The summed E-state index contributed by atoms with van der Waals surface area (Å²) in [5, 5.41) is 11.2. The summed E-state index contributed by atoms with van der Waals surface area (Å²) in [5.41, 5.74) is 0.495. The Bertz CT molecular complexity index is 463. The average molecular weight is 262 g/mol. The molecule has 0 saturated heterocycles. The van der Waals surface area contributed by atoms with Crippen molar-refractivity contribution in [3.05, 3.63) is 11.1 Å². The molecule has 16 heavy (non-hydrogen) atoms. The highest BCUT2D eigenvalue weighted by molar-refractivity contribution is 7.92. The monoisotopic (exact) mass is 262 g/mol. The van der Waals surface area contributed by atoms with Crippen molar-refractivity contribution in [1.82, 2.24) is 4.98 Å². The van der Waals surface area contributed by atoms with E-state index in [2.05, 4.69) is 9.71 Å². The Hall–Kier alpha value is -0.660. The number of nitrogens with zero attached hydrogens (tertiary/aromatic N) is 1. The quantitative estimate of drug-likeness (QED) is 0.839. The number of anilines is 1. The molecule has 0 aliphatic heterocycles. The second-order valence-corrected chi connectivity index (χ2v) is 6.71. The maximum atomic E-state index is 11.6. The van der Waals surface area contributed by atoms with Gasteiger partial charge in [-0.2, -0.15) is 0 Å². The van der Waals surface area contributed by atoms with Gasteiger partial charge in [0.2, 0.25) is 10.0 Å². The SMILES string of the molecule is CC(O)c1csc(NS(=O)(=O)CC2CC2)n1. The van der Waals surface area contributed by atoms with Gasteiger partial charge in [-0.05, 0) is 25.7 Å². The maximum absolute atomic E-state index is 11.6. The number of aliphatic hydroxyl groups excluding tert-OH is 1. The van der Waals surface area contributed by atoms with E-state index in [0.717, 1.165) is 12.8 Å². The Labute approximate surface area is 98.6 Å². The number of rotatable bonds is 5. The molecule has 1 atom stereocenters. The van der Waals surface area contributed by atoms with Crippen LogP contribution in [0.2, 0.25) is 0 Å². The first-order valence-electron chi connectivity index (χ1n) is 5.10. The van der Waals surface area contributed by atoms with Crippen molar-refractivity contribution in [2.24, 2.45) is 5.92 Å². The molecule has 1 aromatic rings. The van der Waals surface area contributed by atoms with Crippen LogP contribution in [0, 0.1) is 5.92 Å². The van der Waals surface area contributed by atoms with Gasteiger partial charge in [-0.1, -0.05) is 0 Å². The summed E-state index contributed by atoms with van der Waals surface area (Å²) in [6.45, 7) is 1.59. The molecule has 2 N–H and O–H groups in total. The average Bonchev–Trinajstić information content (AvgIpc) is 2.80. The second kappa shape index (κ2) is 4.31. The molecular weight excluding hydrogens is 248 g/mol. The molecule has 0 radical (unpaired) electrons. The predicted molar refractivity (Wildman–Crippen MR) is 62.9 cm³/mol. The summed E-state index contributed by atoms with van der Waals surface area (Å²) >= 11 is 1.19. The Kier molecular flexibility index (Phi) is 3.18. The summed E-state index contributed by atoms with van der Waals surface area (Å²) < 4.78 is 25.7. The molecule has 1 aliphatic carbocycles. The van der Waals surface area contributed by atoms with E-state index in [9.17, 15) is 13.5 Å². The largest absolute Gasteiger partial charge is 0.387 e. The first-order chi connectivity index (χ1) is 7.46. The van der Waals surface area contributed by atoms with Gasteiger partial charge in [0.1, 0.15) is 0 Å². The van der Waals surface area contributed by atoms with E-state index in [4.69, 9.17) is 0 Å². The third-order valence-electron chi connectivity index (χ3n) is 2.34. The van der Waals surface area contributed by atoms with Crippen molar-refractivity contribution < 1.29 is 13.5 Å². The van der Waals surface area contributed by atoms with Crippen LogP contribution in [0.4, 0.5) is 5.13 Å². The van der Waals surface area contributed by atoms with E-state index in [1.54, 1.807) is 12.3 Å². The van der Waals surface area contributed by atoms with Gasteiger partial charge < -0.3 is 5.11 Å². The highest BCUT2D eigenvalue weighted by Gasteiger charge is 2.28. The van der Waals surface area contributed by atoms with Crippen LogP contribution < -0.4 is 4.72 Å². The normalized spacial score (nSPS) is 18.4. The van der Waals surface area contributed by atoms with Crippen LogP contribution in [0.5, 0.6) is 0 Å². The molecule has 5 nitrogen and oxygen atoms in total. The van der Waals surface area contributed by atoms with Gasteiger partial charge in [0.15, 0.2) is 5.13 Å². The van der Waals surface area contributed by atoms with Crippen LogP contribution in [0.15, 0.2) is 5.38 Å². The van der Waals surface area contributed by atoms with Crippen LogP contribution in [-0.4, -0.2) is 24.3 Å². The molecule has 0 aromatic carbocycles. The molecule has 0 amide bonds. The van der Waals surface area contributed by atoms with E-state index in [-0.39, 0.29) is 5.75 Å². The highest BCUT2D eigenvalue weighted by atomic mass is 32.2. The Morgan fingerprint density at radius 2 is 2.38 bits per heavy atom. The molecule has 0 spiro atoms. The van der Waals surface area contributed by atoms with Crippen LogP contribution in [0.25, 0.3) is 0 Å². The zero-order valence-corrected chi connectivity index (χ0v) is 10.5. The Morgan fingerprint density at radius 3 is 2.88 bits per heavy atom. The Morgan fingerprint density at radius 1 is 1.69 bits per heavy atom. The number of thiazole rings is 1. The van der Waals surface area contributed by atoms with Crippen molar-refractivity contribution in [2.45, 2.75) is 25.9 Å². The van der Waals surface area contributed by atoms with E-state index in [0.29, 0.717) is 16.7 Å². The lowest BCUT2D eigenvalue weighted by molar-refractivity contribution is 0.195. The molecule has 1 heterocycles. The minimum atomic E-state index is -3.27. The van der Waals surface area contributed by atoms with Crippen molar-refractivity contribution in [2.75, 3.05) is 10.5 Å². The van der Waals surface area contributed by atoms with Crippen LogP contribution in [-0.2, 0) is 10.0 Å².